The van der Waals surface area contributed by atoms with Gasteiger partial charge in [0.25, 0.3) is 0 Å². The van der Waals surface area contributed by atoms with Gasteiger partial charge in [-0.2, -0.15) is 0 Å². The van der Waals surface area contributed by atoms with E-state index in [1.54, 1.807) is 12.1 Å². The Balaban J connectivity index is 1.51. The fourth-order valence-corrected chi connectivity index (χ4v) is 3.99. The highest BCUT2D eigenvalue weighted by atomic mass is 32.2. The zero-order chi connectivity index (χ0) is 16.1. The van der Waals surface area contributed by atoms with E-state index < -0.39 is 0 Å². The molecule has 0 amide bonds. The van der Waals surface area contributed by atoms with Gasteiger partial charge in [0.05, 0.1) is 0 Å². The van der Waals surface area contributed by atoms with Gasteiger partial charge in [0.2, 0.25) is 0 Å². The van der Waals surface area contributed by atoms with Gasteiger partial charge in [-0.3, -0.25) is 4.90 Å². The van der Waals surface area contributed by atoms with Gasteiger partial charge in [-0.05, 0) is 73.9 Å². The van der Waals surface area contributed by atoms with Gasteiger partial charge in [0.1, 0.15) is 5.82 Å². The number of rotatable bonds is 5. The van der Waals surface area contributed by atoms with E-state index in [4.69, 9.17) is 0 Å². The molecule has 23 heavy (non-hydrogen) atoms. The second-order valence-electron chi connectivity index (χ2n) is 6.36. The molecule has 2 aromatic rings. The lowest BCUT2D eigenvalue weighted by molar-refractivity contribution is 0.176. The summed E-state index contributed by atoms with van der Waals surface area (Å²) >= 11 is 1.83. The van der Waals surface area contributed by atoms with Crippen LogP contribution in [-0.4, -0.2) is 24.2 Å². The third kappa shape index (κ3) is 4.58. The number of thioether (sulfide) groups is 1. The largest absolute Gasteiger partial charge is 0.299 e. The Hall–Kier alpha value is -1.32. The van der Waals surface area contributed by atoms with Crippen molar-refractivity contribution in [3.8, 4) is 0 Å². The van der Waals surface area contributed by atoms with Crippen LogP contribution in [0.3, 0.4) is 0 Å². The predicted octanol–water partition coefficient (Wildman–Crippen LogP) is 5.00. The molecule has 1 fully saturated rings. The van der Waals surface area contributed by atoms with E-state index >= 15 is 0 Å². The maximum Gasteiger partial charge on any atom is 0.123 e. The second kappa shape index (κ2) is 7.98. The summed E-state index contributed by atoms with van der Waals surface area (Å²) in [6.45, 7) is 3.38. The van der Waals surface area contributed by atoms with Crippen molar-refractivity contribution in [3.05, 3.63) is 65.5 Å². The highest BCUT2D eigenvalue weighted by Crippen LogP contribution is 2.26. The molecule has 0 radical (unpaired) electrons. The monoisotopic (exact) mass is 329 g/mol. The normalized spacial score (nSPS) is 16.6. The van der Waals surface area contributed by atoms with Gasteiger partial charge < -0.3 is 0 Å². The highest BCUT2D eigenvalue weighted by molar-refractivity contribution is 7.98. The SMILES string of the molecule is CSc1ccccc1CN1CCC(Cc2ccc(F)cc2)CC1. The molecule has 1 nitrogen and oxygen atoms in total. The van der Waals surface area contributed by atoms with Crippen LogP contribution in [0, 0.1) is 11.7 Å². The van der Waals surface area contributed by atoms with Gasteiger partial charge in [-0.15, -0.1) is 11.8 Å². The Bertz CT molecular complexity index is 618. The number of hydrogen-bond donors (Lipinski definition) is 0. The Morgan fingerprint density at radius 2 is 1.74 bits per heavy atom. The Labute approximate surface area is 142 Å². The van der Waals surface area contributed by atoms with Gasteiger partial charge in [0.15, 0.2) is 0 Å². The molecule has 0 saturated carbocycles. The average Bonchev–Trinajstić information content (AvgIpc) is 2.59. The van der Waals surface area contributed by atoms with Gasteiger partial charge in [-0.1, -0.05) is 30.3 Å². The molecule has 1 saturated heterocycles. The molecule has 0 bridgehead atoms. The molecule has 1 heterocycles. The molecule has 0 spiro atoms. The smallest absolute Gasteiger partial charge is 0.123 e. The summed E-state index contributed by atoms with van der Waals surface area (Å²) < 4.78 is 13.0. The van der Waals surface area contributed by atoms with E-state index in [0.29, 0.717) is 0 Å². The summed E-state index contributed by atoms with van der Waals surface area (Å²) in [6, 6.07) is 15.7. The van der Waals surface area contributed by atoms with Crippen LogP contribution in [0.25, 0.3) is 0 Å². The molecule has 3 rings (SSSR count). The second-order valence-corrected chi connectivity index (χ2v) is 7.21. The number of piperidine rings is 1. The van der Waals surface area contributed by atoms with Crippen molar-refractivity contribution in [2.24, 2.45) is 5.92 Å². The third-order valence-electron chi connectivity index (χ3n) is 4.73. The van der Waals surface area contributed by atoms with E-state index in [-0.39, 0.29) is 5.82 Å². The maximum absolute atomic E-state index is 13.0. The summed E-state index contributed by atoms with van der Waals surface area (Å²) in [4.78, 5) is 3.96. The first-order valence-electron chi connectivity index (χ1n) is 8.33. The fraction of sp³-hybridized carbons (Fsp3) is 0.400. The minimum atomic E-state index is -0.143. The molecule has 3 heteroatoms. The molecule has 0 atom stereocenters. The van der Waals surface area contributed by atoms with E-state index in [9.17, 15) is 4.39 Å². The summed E-state index contributed by atoms with van der Waals surface area (Å²) in [6.07, 6.45) is 5.70. The maximum atomic E-state index is 13.0. The number of hydrogen-bond acceptors (Lipinski definition) is 2. The van der Waals surface area contributed by atoms with Crippen LogP contribution in [0.5, 0.6) is 0 Å². The van der Waals surface area contributed by atoms with E-state index in [2.05, 4.69) is 35.4 Å². The Kier molecular flexibility index (Phi) is 5.74. The van der Waals surface area contributed by atoms with Crippen LogP contribution in [-0.2, 0) is 13.0 Å². The molecule has 0 N–H and O–H groups in total. The summed E-state index contributed by atoms with van der Waals surface area (Å²) in [5.74, 6) is 0.587. The fourth-order valence-electron chi connectivity index (χ4n) is 3.38. The van der Waals surface area contributed by atoms with Crippen molar-refractivity contribution < 1.29 is 4.39 Å². The summed E-state index contributed by atoms with van der Waals surface area (Å²) in [5.41, 5.74) is 2.70. The molecular weight excluding hydrogens is 305 g/mol. The van der Waals surface area contributed by atoms with Gasteiger partial charge in [0, 0.05) is 11.4 Å². The minimum absolute atomic E-state index is 0.143. The van der Waals surface area contributed by atoms with Crippen LogP contribution < -0.4 is 0 Å². The van der Waals surface area contributed by atoms with Gasteiger partial charge in [-0.25, -0.2) is 4.39 Å². The Morgan fingerprint density at radius 1 is 1.04 bits per heavy atom. The molecule has 0 aromatic heterocycles. The summed E-state index contributed by atoms with van der Waals surface area (Å²) in [5, 5.41) is 0. The molecular formula is C20H24FNS. The van der Waals surface area contributed by atoms with E-state index in [1.807, 2.05) is 23.9 Å². The highest BCUT2D eigenvalue weighted by Gasteiger charge is 2.20. The van der Waals surface area contributed by atoms with Gasteiger partial charge >= 0.3 is 0 Å². The van der Waals surface area contributed by atoms with Crippen molar-refractivity contribution in [1.82, 2.24) is 4.90 Å². The van der Waals surface area contributed by atoms with Crippen molar-refractivity contribution in [1.29, 1.82) is 0 Å². The third-order valence-corrected chi connectivity index (χ3v) is 5.57. The lowest BCUT2D eigenvalue weighted by Gasteiger charge is -2.32. The number of likely N-dealkylation sites (tertiary alicyclic amines) is 1. The molecule has 0 unspecified atom stereocenters. The quantitative estimate of drug-likeness (QED) is 0.710. The zero-order valence-electron chi connectivity index (χ0n) is 13.7. The van der Waals surface area contributed by atoms with Crippen molar-refractivity contribution >= 4 is 11.8 Å². The summed E-state index contributed by atoms with van der Waals surface area (Å²) in [7, 11) is 0. The predicted molar refractivity (Wildman–Crippen MR) is 96.3 cm³/mol. The van der Waals surface area contributed by atoms with E-state index in [1.165, 1.54) is 28.9 Å². The molecule has 1 aliphatic rings. The first-order valence-corrected chi connectivity index (χ1v) is 9.56. The topological polar surface area (TPSA) is 3.24 Å². The number of nitrogens with zero attached hydrogens (tertiary/aromatic N) is 1. The lowest BCUT2D eigenvalue weighted by Crippen LogP contribution is -2.34. The number of halogens is 1. The van der Waals surface area contributed by atoms with Crippen molar-refractivity contribution in [3.63, 3.8) is 0 Å². The molecule has 1 aliphatic heterocycles. The lowest BCUT2D eigenvalue weighted by atomic mass is 9.90. The average molecular weight is 329 g/mol. The first-order chi connectivity index (χ1) is 11.2. The first kappa shape index (κ1) is 16.5. The molecule has 2 aromatic carbocycles. The van der Waals surface area contributed by atoms with Crippen molar-refractivity contribution in [2.75, 3.05) is 19.3 Å². The minimum Gasteiger partial charge on any atom is -0.299 e. The standard InChI is InChI=1S/C20H24FNS/c1-23-20-5-3-2-4-18(20)15-22-12-10-17(11-13-22)14-16-6-8-19(21)9-7-16/h2-9,17H,10-15H2,1H3. The van der Waals surface area contributed by atoms with Crippen LogP contribution in [0.1, 0.15) is 24.0 Å². The molecule has 0 aliphatic carbocycles. The van der Waals surface area contributed by atoms with Crippen LogP contribution in [0.2, 0.25) is 0 Å². The van der Waals surface area contributed by atoms with Crippen molar-refractivity contribution in [2.45, 2.75) is 30.7 Å². The van der Waals surface area contributed by atoms with Crippen LogP contribution >= 0.6 is 11.8 Å². The molecule has 122 valence electrons. The zero-order valence-corrected chi connectivity index (χ0v) is 14.5. The number of benzene rings is 2. The van der Waals surface area contributed by atoms with Crippen LogP contribution in [0.4, 0.5) is 4.39 Å². The van der Waals surface area contributed by atoms with Crippen LogP contribution in [0.15, 0.2) is 53.4 Å². The van der Waals surface area contributed by atoms with E-state index in [0.717, 1.165) is 32.0 Å². The Morgan fingerprint density at radius 3 is 2.43 bits per heavy atom.